The van der Waals surface area contributed by atoms with Gasteiger partial charge in [-0.05, 0) is 37.0 Å². The van der Waals surface area contributed by atoms with Crippen LogP contribution in [0.2, 0.25) is 0 Å². The molecule has 1 aliphatic heterocycles. The van der Waals surface area contributed by atoms with E-state index in [9.17, 15) is 18.3 Å². The molecule has 0 amide bonds. The Morgan fingerprint density at radius 2 is 1.90 bits per heavy atom. The van der Waals surface area contributed by atoms with Gasteiger partial charge in [0.15, 0.2) is 9.84 Å². The van der Waals surface area contributed by atoms with Gasteiger partial charge in [-0.25, -0.2) is 8.42 Å². The quantitative estimate of drug-likeness (QED) is 0.827. The maximum Gasteiger partial charge on any atom is 0.307 e. The predicted molar refractivity (Wildman–Crippen MR) is 81.9 cm³/mol. The molecule has 5 nitrogen and oxygen atoms in total. The van der Waals surface area contributed by atoms with Crippen LogP contribution in [0.4, 0.5) is 0 Å². The van der Waals surface area contributed by atoms with Crippen molar-refractivity contribution in [1.29, 1.82) is 0 Å². The number of rotatable bonds is 3. The smallest absolute Gasteiger partial charge is 0.307 e. The summed E-state index contributed by atoms with van der Waals surface area (Å²) in [6.07, 6.45) is 3.08. The van der Waals surface area contributed by atoms with Gasteiger partial charge in [-0.2, -0.15) is 0 Å². The lowest BCUT2D eigenvalue weighted by Gasteiger charge is -2.47. The van der Waals surface area contributed by atoms with Crippen LogP contribution >= 0.6 is 0 Å². The number of sulfone groups is 1. The third kappa shape index (κ3) is 3.59. The van der Waals surface area contributed by atoms with Gasteiger partial charge in [-0.15, -0.1) is 0 Å². The summed E-state index contributed by atoms with van der Waals surface area (Å²) >= 11 is 0. The van der Waals surface area contributed by atoms with Crippen LogP contribution in [0.25, 0.3) is 0 Å². The molecule has 122 valence electrons. The fourth-order valence-electron chi connectivity index (χ4n) is 3.93. The number of carbonyl (C=O) groups is 1. The van der Waals surface area contributed by atoms with Gasteiger partial charge in [0.25, 0.3) is 0 Å². The Labute approximate surface area is 127 Å². The second-order valence-electron chi connectivity index (χ2n) is 7.30. The first-order chi connectivity index (χ1) is 9.63. The van der Waals surface area contributed by atoms with Gasteiger partial charge >= 0.3 is 5.97 Å². The summed E-state index contributed by atoms with van der Waals surface area (Å²) in [6, 6.07) is 0.224. The van der Waals surface area contributed by atoms with Crippen LogP contribution in [0, 0.1) is 17.3 Å². The van der Waals surface area contributed by atoms with Crippen molar-refractivity contribution in [2.24, 2.45) is 17.3 Å². The van der Waals surface area contributed by atoms with Crippen molar-refractivity contribution in [2.75, 3.05) is 11.5 Å². The molecule has 4 atom stereocenters. The van der Waals surface area contributed by atoms with E-state index in [4.69, 9.17) is 0 Å². The van der Waals surface area contributed by atoms with Crippen LogP contribution in [0.1, 0.15) is 46.5 Å². The molecular formula is C15H27NO4S. The highest BCUT2D eigenvalue weighted by Crippen LogP contribution is 2.45. The highest BCUT2D eigenvalue weighted by molar-refractivity contribution is 7.91. The molecular weight excluding hydrogens is 290 g/mol. The summed E-state index contributed by atoms with van der Waals surface area (Å²) in [6.45, 7) is 6.12. The topological polar surface area (TPSA) is 83.5 Å². The van der Waals surface area contributed by atoms with E-state index in [2.05, 4.69) is 12.2 Å². The molecule has 0 aromatic carbocycles. The molecule has 0 aromatic heterocycles. The van der Waals surface area contributed by atoms with Gasteiger partial charge in [-0.3, -0.25) is 4.79 Å². The molecule has 1 saturated carbocycles. The first-order valence-electron chi connectivity index (χ1n) is 7.83. The molecule has 0 aromatic rings. The maximum atomic E-state index is 11.7. The Bertz CT molecular complexity index is 500. The summed E-state index contributed by atoms with van der Waals surface area (Å²) in [5.41, 5.74) is -0.282. The molecule has 0 bridgehead atoms. The molecule has 1 aliphatic carbocycles. The van der Waals surface area contributed by atoms with Crippen LogP contribution in [-0.4, -0.2) is 43.1 Å². The van der Waals surface area contributed by atoms with Gasteiger partial charge < -0.3 is 10.4 Å². The van der Waals surface area contributed by atoms with E-state index in [1.54, 1.807) is 0 Å². The van der Waals surface area contributed by atoms with Gasteiger partial charge in [-0.1, -0.05) is 20.8 Å². The van der Waals surface area contributed by atoms with E-state index in [0.29, 0.717) is 12.2 Å². The average Bonchev–Trinajstić information content (AvgIpc) is 2.33. The Morgan fingerprint density at radius 1 is 1.24 bits per heavy atom. The number of aliphatic carboxylic acids is 1. The molecule has 1 saturated heterocycles. The van der Waals surface area contributed by atoms with Crippen LogP contribution in [0.5, 0.6) is 0 Å². The van der Waals surface area contributed by atoms with Crippen molar-refractivity contribution in [1.82, 2.24) is 5.32 Å². The van der Waals surface area contributed by atoms with Crippen LogP contribution in [0.15, 0.2) is 0 Å². The summed E-state index contributed by atoms with van der Waals surface area (Å²) in [7, 11) is -2.91. The number of nitrogens with one attached hydrogen (secondary N) is 1. The highest BCUT2D eigenvalue weighted by atomic mass is 32.2. The fourth-order valence-corrected chi connectivity index (χ4v) is 5.58. The monoisotopic (exact) mass is 317 g/mol. The molecule has 0 radical (unpaired) electrons. The Balaban J connectivity index is 2.04. The zero-order chi connectivity index (χ0) is 15.8. The maximum absolute atomic E-state index is 11.7. The molecule has 21 heavy (non-hydrogen) atoms. The standard InChI is InChI=1S/C15H27NO4S/c1-10-13(7-6-12(14(17)18)15(10,2)3)16-11-5-4-8-21(19,20)9-11/h10-13,16H,4-9H2,1-3H3,(H,17,18). The Kier molecular flexibility index (Phi) is 4.69. The molecule has 2 N–H and O–H groups in total. The minimum absolute atomic E-state index is 0.0216. The number of hydrogen-bond acceptors (Lipinski definition) is 4. The largest absolute Gasteiger partial charge is 0.481 e. The second-order valence-corrected chi connectivity index (χ2v) is 9.53. The van der Waals surface area contributed by atoms with E-state index < -0.39 is 15.8 Å². The van der Waals surface area contributed by atoms with Crippen molar-refractivity contribution in [3.05, 3.63) is 0 Å². The number of carboxylic acids is 1. The van der Waals surface area contributed by atoms with Crippen LogP contribution in [-0.2, 0) is 14.6 Å². The van der Waals surface area contributed by atoms with Crippen molar-refractivity contribution in [2.45, 2.75) is 58.5 Å². The molecule has 4 unspecified atom stereocenters. The van der Waals surface area contributed by atoms with E-state index in [1.165, 1.54) is 0 Å². The molecule has 2 fully saturated rings. The molecule has 1 heterocycles. The van der Waals surface area contributed by atoms with Crippen molar-refractivity contribution in [3.8, 4) is 0 Å². The van der Waals surface area contributed by atoms with Crippen LogP contribution < -0.4 is 5.32 Å². The van der Waals surface area contributed by atoms with Gasteiger partial charge in [0.2, 0.25) is 0 Å². The minimum atomic E-state index is -2.91. The SMILES string of the molecule is CC1C(NC2CCCS(=O)(=O)C2)CCC(C(=O)O)C1(C)C. The molecule has 2 rings (SSSR count). The van der Waals surface area contributed by atoms with Crippen molar-refractivity contribution in [3.63, 3.8) is 0 Å². The molecule has 2 aliphatic rings. The molecule has 6 heteroatoms. The predicted octanol–water partition coefficient (Wildman–Crippen LogP) is 1.68. The van der Waals surface area contributed by atoms with Crippen molar-refractivity contribution >= 4 is 15.8 Å². The second kappa shape index (κ2) is 5.88. The summed E-state index contributed by atoms with van der Waals surface area (Å²) in [5.74, 6) is -0.306. The lowest BCUT2D eigenvalue weighted by Crippen LogP contribution is -2.55. The summed E-state index contributed by atoms with van der Waals surface area (Å²) in [4.78, 5) is 11.4. The van der Waals surface area contributed by atoms with Crippen molar-refractivity contribution < 1.29 is 18.3 Å². The first-order valence-corrected chi connectivity index (χ1v) is 9.65. The Hall–Kier alpha value is -0.620. The van der Waals surface area contributed by atoms with E-state index in [1.807, 2.05) is 13.8 Å². The lowest BCUT2D eigenvalue weighted by molar-refractivity contribution is -0.150. The minimum Gasteiger partial charge on any atom is -0.481 e. The molecule has 0 spiro atoms. The lowest BCUT2D eigenvalue weighted by atomic mass is 9.61. The van der Waals surface area contributed by atoms with Gasteiger partial charge in [0.05, 0.1) is 17.4 Å². The zero-order valence-corrected chi connectivity index (χ0v) is 13.9. The normalized spacial score (nSPS) is 38.8. The van der Waals surface area contributed by atoms with E-state index >= 15 is 0 Å². The van der Waals surface area contributed by atoms with Gasteiger partial charge in [0.1, 0.15) is 0 Å². The Morgan fingerprint density at radius 3 is 2.48 bits per heavy atom. The average molecular weight is 317 g/mol. The highest BCUT2D eigenvalue weighted by Gasteiger charge is 2.46. The summed E-state index contributed by atoms with van der Waals surface area (Å²) < 4.78 is 23.5. The van der Waals surface area contributed by atoms with E-state index in [-0.39, 0.29) is 35.1 Å². The van der Waals surface area contributed by atoms with E-state index in [0.717, 1.165) is 19.3 Å². The summed E-state index contributed by atoms with van der Waals surface area (Å²) in [5, 5.41) is 12.9. The number of hydrogen-bond donors (Lipinski definition) is 2. The fraction of sp³-hybridized carbons (Fsp3) is 0.933. The number of carboxylic acid groups (broad SMARTS) is 1. The van der Waals surface area contributed by atoms with Crippen LogP contribution in [0.3, 0.4) is 0 Å². The first kappa shape index (κ1) is 16.7. The third-order valence-corrected chi connectivity index (χ3v) is 7.47. The third-order valence-electron chi connectivity index (χ3n) is 5.65. The van der Waals surface area contributed by atoms with Gasteiger partial charge in [0, 0.05) is 12.1 Å². The zero-order valence-electron chi connectivity index (χ0n) is 13.1.